The maximum Gasteiger partial charge on any atom is 0.264 e. The van der Waals surface area contributed by atoms with Gasteiger partial charge in [-0.1, -0.05) is 35.3 Å². The van der Waals surface area contributed by atoms with Gasteiger partial charge < -0.3 is 5.73 Å². The number of benzene rings is 1. The van der Waals surface area contributed by atoms with Crippen LogP contribution < -0.4 is 10.5 Å². The Kier molecular flexibility index (Phi) is 4.11. The van der Waals surface area contributed by atoms with Crippen molar-refractivity contribution in [3.05, 3.63) is 35.3 Å². The highest BCUT2D eigenvalue weighted by Gasteiger charge is 2.18. The van der Waals surface area contributed by atoms with Crippen molar-refractivity contribution in [1.82, 2.24) is 10.2 Å². The second-order valence-electron chi connectivity index (χ2n) is 3.35. The van der Waals surface area contributed by atoms with E-state index in [2.05, 4.69) is 26.8 Å². The minimum atomic E-state index is -3.73. The van der Waals surface area contributed by atoms with Crippen LogP contribution in [0.5, 0.6) is 0 Å². The first-order chi connectivity index (χ1) is 9.13. The summed E-state index contributed by atoms with van der Waals surface area (Å²) in [5, 5.41) is 7.42. The van der Waals surface area contributed by atoms with Crippen LogP contribution in [0, 0.1) is 11.8 Å². The van der Waals surface area contributed by atoms with Gasteiger partial charge in [-0.15, -0.1) is 10.2 Å². The van der Waals surface area contributed by atoms with Crippen molar-refractivity contribution in [2.75, 3.05) is 11.3 Å². The number of sulfonamides is 1. The fourth-order valence-corrected chi connectivity index (χ4v) is 3.19. The molecular weight excluding hydrogens is 284 g/mol. The number of anilines is 1. The zero-order chi connectivity index (χ0) is 13.7. The fourth-order valence-electron chi connectivity index (χ4n) is 1.34. The smallest absolute Gasteiger partial charge is 0.264 e. The van der Waals surface area contributed by atoms with Crippen LogP contribution in [0.1, 0.15) is 5.56 Å². The summed E-state index contributed by atoms with van der Waals surface area (Å²) in [5.41, 5.74) is 7.13. The van der Waals surface area contributed by atoms with Gasteiger partial charge in [-0.2, -0.15) is 0 Å². The Balaban J connectivity index is 2.40. The summed E-state index contributed by atoms with van der Waals surface area (Å²) in [4.78, 5) is 0.0890. The highest BCUT2D eigenvalue weighted by Crippen LogP contribution is 2.19. The van der Waals surface area contributed by atoms with Crippen molar-refractivity contribution in [2.45, 2.75) is 4.90 Å². The molecule has 0 atom stereocenters. The van der Waals surface area contributed by atoms with Gasteiger partial charge in [-0.25, -0.2) is 8.42 Å². The summed E-state index contributed by atoms with van der Waals surface area (Å²) < 4.78 is 26.8. The van der Waals surface area contributed by atoms with Crippen LogP contribution in [0.15, 0.2) is 34.7 Å². The summed E-state index contributed by atoms with van der Waals surface area (Å²) in [6.45, 7) is 0.165. The third kappa shape index (κ3) is 3.29. The summed E-state index contributed by atoms with van der Waals surface area (Å²) in [6, 6.07) is 6.44. The van der Waals surface area contributed by atoms with Crippen molar-refractivity contribution in [1.29, 1.82) is 0 Å². The van der Waals surface area contributed by atoms with E-state index >= 15 is 0 Å². The molecule has 0 saturated heterocycles. The molecule has 0 fully saturated rings. The first-order valence-electron chi connectivity index (χ1n) is 5.20. The monoisotopic (exact) mass is 294 g/mol. The predicted molar refractivity (Wildman–Crippen MR) is 73.1 cm³/mol. The minimum Gasteiger partial charge on any atom is -0.320 e. The molecule has 3 N–H and O–H groups in total. The lowest BCUT2D eigenvalue weighted by Crippen LogP contribution is -2.14. The van der Waals surface area contributed by atoms with E-state index in [9.17, 15) is 8.42 Å². The van der Waals surface area contributed by atoms with Crippen LogP contribution in [-0.2, 0) is 10.0 Å². The van der Waals surface area contributed by atoms with E-state index in [4.69, 9.17) is 5.73 Å². The molecule has 98 valence electrons. The van der Waals surface area contributed by atoms with Gasteiger partial charge in [0.25, 0.3) is 10.0 Å². The average molecular weight is 294 g/mol. The van der Waals surface area contributed by atoms with E-state index < -0.39 is 10.0 Å². The summed E-state index contributed by atoms with van der Waals surface area (Å²) >= 11 is 1.10. The Morgan fingerprint density at radius 3 is 2.84 bits per heavy atom. The second kappa shape index (κ2) is 5.79. The Hall–Kier alpha value is -1.95. The molecule has 0 aliphatic rings. The zero-order valence-corrected chi connectivity index (χ0v) is 11.3. The Labute approximate surface area is 114 Å². The summed E-state index contributed by atoms with van der Waals surface area (Å²) in [6.07, 6.45) is 0. The molecule has 19 heavy (non-hydrogen) atoms. The number of nitrogens with two attached hydrogens (primary N) is 1. The molecule has 8 heteroatoms. The van der Waals surface area contributed by atoms with E-state index in [-0.39, 0.29) is 16.6 Å². The number of hydrogen-bond donors (Lipinski definition) is 2. The number of aromatic nitrogens is 2. The summed E-state index contributed by atoms with van der Waals surface area (Å²) in [5.74, 6) is 5.37. The fraction of sp³-hybridized carbons (Fsp3) is 0.0909. The highest BCUT2D eigenvalue weighted by atomic mass is 32.2. The Bertz CT molecular complexity index is 715. The van der Waals surface area contributed by atoms with E-state index in [1.165, 1.54) is 11.6 Å². The molecule has 0 saturated carbocycles. The van der Waals surface area contributed by atoms with E-state index in [0.717, 1.165) is 11.3 Å². The lowest BCUT2D eigenvalue weighted by Gasteiger charge is -2.06. The number of nitrogens with zero attached hydrogens (tertiary/aromatic N) is 2. The van der Waals surface area contributed by atoms with Crippen molar-refractivity contribution < 1.29 is 8.42 Å². The largest absolute Gasteiger partial charge is 0.320 e. The topological polar surface area (TPSA) is 98.0 Å². The molecular formula is C11H10N4O2S2. The van der Waals surface area contributed by atoms with E-state index in [0.29, 0.717) is 5.56 Å². The van der Waals surface area contributed by atoms with Crippen LogP contribution in [-0.4, -0.2) is 25.2 Å². The van der Waals surface area contributed by atoms with Gasteiger partial charge in [-0.3, -0.25) is 4.72 Å². The van der Waals surface area contributed by atoms with Gasteiger partial charge in [0.2, 0.25) is 5.13 Å². The third-order valence-electron chi connectivity index (χ3n) is 2.08. The van der Waals surface area contributed by atoms with Crippen molar-refractivity contribution in [2.24, 2.45) is 5.73 Å². The molecule has 2 rings (SSSR count). The van der Waals surface area contributed by atoms with Crippen molar-refractivity contribution in [3.8, 4) is 11.8 Å². The molecule has 0 radical (unpaired) electrons. The molecule has 1 aromatic carbocycles. The molecule has 0 aliphatic carbocycles. The molecule has 0 unspecified atom stereocenters. The van der Waals surface area contributed by atoms with Gasteiger partial charge in [0, 0.05) is 5.56 Å². The van der Waals surface area contributed by atoms with Gasteiger partial charge in [0.1, 0.15) is 10.4 Å². The quantitative estimate of drug-likeness (QED) is 0.810. The van der Waals surface area contributed by atoms with Crippen LogP contribution in [0.4, 0.5) is 5.13 Å². The maximum absolute atomic E-state index is 12.2. The average Bonchev–Trinajstić information content (AvgIpc) is 2.88. The van der Waals surface area contributed by atoms with E-state index in [1.54, 1.807) is 18.2 Å². The van der Waals surface area contributed by atoms with E-state index in [1.807, 2.05) is 0 Å². The molecule has 0 spiro atoms. The molecule has 0 bridgehead atoms. The molecule has 2 aromatic rings. The number of nitrogens with one attached hydrogen (secondary N) is 1. The lowest BCUT2D eigenvalue weighted by atomic mass is 10.2. The number of hydrogen-bond acceptors (Lipinski definition) is 6. The summed E-state index contributed by atoms with van der Waals surface area (Å²) in [7, 11) is -3.73. The molecule has 0 aliphatic heterocycles. The van der Waals surface area contributed by atoms with Crippen LogP contribution in [0.25, 0.3) is 0 Å². The SMILES string of the molecule is NCC#Cc1ccccc1S(=O)(=O)Nc1nncs1. The maximum atomic E-state index is 12.2. The van der Waals surface area contributed by atoms with Gasteiger partial charge in [0.15, 0.2) is 0 Å². The molecule has 0 amide bonds. The molecule has 1 heterocycles. The van der Waals surface area contributed by atoms with Crippen LogP contribution in [0.2, 0.25) is 0 Å². The number of rotatable bonds is 3. The normalized spacial score (nSPS) is 10.6. The first kappa shape index (κ1) is 13.5. The van der Waals surface area contributed by atoms with Crippen LogP contribution >= 0.6 is 11.3 Å². The first-order valence-corrected chi connectivity index (χ1v) is 7.57. The second-order valence-corrected chi connectivity index (χ2v) is 5.84. The van der Waals surface area contributed by atoms with Crippen molar-refractivity contribution in [3.63, 3.8) is 0 Å². The predicted octanol–water partition coefficient (Wildman–Crippen LogP) is 0.649. The van der Waals surface area contributed by atoms with Crippen LogP contribution in [0.3, 0.4) is 0 Å². The highest BCUT2D eigenvalue weighted by molar-refractivity contribution is 7.93. The standard InChI is InChI=1S/C11H10N4O2S2/c12-7-3-5-9-4-1-2-6-10(9)19(16,17)15-11-14-13-8-18-11/h1-2,4,6,8H,7,12H2,(H,14,15). The Morgan fingerprint density at radius 1 is 1.37 bits per heavy atom. The van der Waals surface area contributed by atoms with Crippen molar-refractivity contribution >= 4 is 26.5 Å². The molecule has 6 nitrogen and oxygen atoms in total. The zero-order valence-electron chi connectivity index (χ0n) is 9.70. The van der Waals surface area contributed by atoms with Gasteiger partial charge in [-0.05, 0) is 12.1 Å². The van der Waals surface area contributed by atoms with Gasteiger partial charge >= 0.3 is 0 Å². The van der Waals surface area contributed by atoms with Gasteiger partial charge in [0.05, 0.1) is 6.54 Å². The third-order valence-corrected chi connectivity index (χ3v) is 4.22. The minimum absolute atomic E-state index is 0.0890. The molecule has 1 aromatic heterocycles. The Morgan fingerprint density at radius 2 is 2.16 bits per heavy atom. The lowest BCUT2D eigenvalue weighted by molar-refractivity contribution is 0.601.